The Morgan fingerprint density at radius 3 is 2.72 bits per heavy atom. The van der Waals surface area contributed by atoms with Gasteiger partial charge in [-0.25, -0.2) is 4.68 Å². The first-order valence-electron chi connectivity index (χ1n) is 4.91. The fraction of sp³-hybridized carbons (Fsp3) is 0.200. The van der Waals surface area contributed by atoms with Crippen LogP contribution in [-0.4, -0.2) is 20.5 Å². The smallest absolute Gasteiger partial charge is 0.294 e. The summed E-state index contributed by atoms with van der Waals surface area (Å²) in [5, 5.41) is 15.7. The Bertz CT molecular complexity index is 627. The lowest BCUT2D eigenvalue weighted by atomic mass is 10.3. The van der Waals surface area contributed by atoms with Crippen molar-refractivity contribution in [3.63, 3.8) is 0 Å². The molecule has 0 amide bonds. The lowest BCUT2D eigenvalue weighted by molar-refractivity contribution is -0.384. The van der Waals surface area contributed by atoms with E-state index < -0.39 is 4.92 Å². The molecule has 0 unspecified atom stereocenters. The maximum absolute atomic E-state index is 11.3. The molecular weight excluding hydrogens is 278 g/mol. The minimum absolute atomic E-state index is 0.149. The molecule has 0 atom stereocenters. The van der Waals surface area contributed by atoms with Crippen LogP contribution in [0, 0.1) is 17.0 Å². The maximum Gasteiger partial charge on any atom is 0.306 e. The van der Waals surface area contributed by atoms with Gasteiger partial charge in [0.15, 0.2) is 10.8 Å². The molecular formula is C10H8ClN3O3S. The first kappa shape index (κ1) is 12.7. The average Bonchev–Trinajstić information content (AvgIpc) is 2.83. The van der Waals surface area contributed by atoms with E-state index >= 15 is 0 Å². The summed E-state index contributed by atoms with van der Waals surface area (Å²) in [4.78, 5) is 22.0. The molecule has 0 saturated carbocycles. The highest BCUT2D eigenvalue weighted by Crippen LogP contribution is 2.33. The first-order chi connectivity index (χ1) is 8.40. The van der Waals surface area contributed by atoms with Crippen molar-refractivity contribution in [1.29, 1.82) is 0 Å². The summed E-state index contributed by atoms with van der Waals surface area (Å²) in [6, 6.07) is 1.26. The number of hydrogen-bond acceptors (Lipinski definition) is 5. The number of aryl methyl sites for hydroxylation is 1. The molecule has 0 aliphatic carbocycles. The van der Waals surface area contributed by atoms with Crippen LogP contribution in [0.4, 0.5) is 5.69 Å². The summed E-state index contributed by atoms with van der Waals surface area (Å²) in [6.45, 7) is 3.06. The molecule has 2 heterocycles. The van der Waals surface area contributed by atoms with Crippen molar-refractivity contribution in [3.8, 4) is 5.00 Å². The van der Waals surface area contributed by atoms with Gasteiger partial charge in [-0.05, 0) is 13.8 Å². The molecule has 0 aromatic carbocycles. The highest BCUT2D eigenvalue weighted by molar-refractivity contribution is 7.17. The van der Waals surface area contributed by atoms with E-state index in [9.17, 15) is 14.9 Å². The van der Waals surface area contributed by atoms with Gasteiger partial charge in [0.05, 0.1) is 26.7 Å². The summed E-state index contributed by atoms with van der Waals surface area (Å²) in [6.07, 6.45) is 1.49. The summed E-state index contributed by atoms with van der Waals surface area (Å²) in [7, 11) is 0. The molecule has 0 bridgehead atoms. The number of Topliss-reactive ketones (excluding diaryl/α,β-unsaturated/α-hetero) is 1. The number of ketones is 1. The van der Waals surface area contributed by atoms with E-state index in [1.165, 1.54) is 23.9 Å². The molecule has 0 aliphatic heterocycles. The van der Waals surface area contributed by atoms with Crippen LogP contribution < -0.4 is 0 Å². The summed E-state index contributed by atoms with van der Waals surface area (Å²) in [5.74, 6) is -0.218. The van der Waals surface area contributed by atoms with Crippen LogP contribution in [-0.2, 0) is 0 Å². The molecule has 0 aliphatic rings. The number of carbonyl (C=O) groups excluding carboxylic acids is 1. The average molecular weight is 286 g/mol. The number of rotatable bonds is 3. The normalized spacial score (nSPS) is 10.6. The Morgan fingerprint density at radius 2 is 2.28 bits per heavy atom. The topological polar surface area (TPSA) is 78.0 Å². The van der Waals surface area contributed by atoms with E-state index in [0.29, 0.717) is 15.6 Å². The lowest BCUT2D eigenvalue weighted by Crippen LogP contribution is -1.96. The van der Waals surface area contributed by atoms with E-state index in [4.69, 9.17) is 11.6 Å². The standard InChI is InChI=1S/C10H8ClN3O3S/c1-5-7(11)4-13(12-5)10-8(14(16)17)3-9(18-10)6(2)15/h3-4H,1-2H3. The molecule has 18 heavy (non-hydrogen) atoms. The van der Waals surface area contributed by atoms with E-state index in [-0.39, 0.29) is 16.5 Å². The largest absolute Gasteiger partial charge is 0.306 e. The molecule has 0 radical (unpaired) electrons. The number of aromatic nitrogens is 2. The van der Waals surface area contributed by atoms with Crippen molar-refractivity contribution in [2.75, 3.05) is 0 Å². The van der Waals surface area contributed by atoms with Crippen LogP contribution in [0.3, 0.4) is 0 Å². The second kappa shape index (κ2) is 4.51. The van der Waals surface area contributed by atoms with Crippen LogP contribution in [0.15, 0.2) is 12.3 Å². The zero-order valence-corrected chi connectivity index (χ0v) is 11.1. The van der Waals surface area contributed by atoms with E-state index in [1.807, 2.05) is 0 Å². The third-order valence-corrected chi connectivity index (χ3v) is 3.87. The molecule has 0 saturated heterocycles. The van der Waals surface area contributed by atoms with Gasteiger partial charge in [-0.1, -0.05) is 11.6 Å². The second-order valence-electron chi connectivity index (χ2n) is 3.62. The van der Waals surface area contributed by atoms with Crippen molar-refractivity contribution < 1.29 is 9.72 Å². The van der Waals surface area contributed by atoms with E-state index in [0.717, 1.165) is 11.3 Å². The lowest BCUT2D eigenvalue weighted by Gasteiger charge is -1.95. The highest BCUT2D eigenvalue weighted by atomic mass is 35.5. The maximum atomic E-state index is 11.3. The molecule has 8 heteroatoms. The Labute approximate surface area is 111 Å². The van der Waals surface area contributed by atoms with Crippen molar-refractivity contribution in [2.45, 2.75) is 13.8 Å². The van der Waals surface area contributed by atoms with Crippen LogP contribution in [0.25, 0.3) is 5.00 Å². The third-order valence-electron chi connectivity index (χ3n) is 2.28. The van der Waals surface area contributed by atoms with Gasteiger partial charge in [0, 0.05) is 6.07 Å². The number of nitro groups is 1. The number of thiophene rings is 1. The van der Waals surface area contributed by atoms with E-state index in [1.54, 1.807) is 6.92 Å². The van der Waals surface area contributed by atoms with Gasteiger partial charge in [-0.2, -0.15) is 5.10 Å². The molecule has 0 N–H and O–H groups in total. The fourth-order valence-corrected chi connectivity index (χ4v) is 2.46. The predicted molar refractivity (Wildman–Crippen MR) is 67.8 cm³/mol. The quantitative estimate of drug-likeness (QED) is 0.493. The van der Waals surface area contributed by atoms with Gasteiger partial charge in [0.2, 0.25) is 0 Å². The van der Waals surface area contributed by atoms with Gasteiger partial charge in [0.1, 0.15) is 0 Å². The molecule has 0 spiro atoms. The van der Waals surface area contributed by atoms with Crippen LogP contribution in [0.2, 0.25) is 5.02 Å². The minimum Gasteiger partial charge on any atom is -0.294 e. The number of halogens is 1. The van der Waals surface area contributed by atoms with Gasteiger partial charge >= 0.3 is 5.69 Å². The van der Waals surface area contributed by atoms with Crippen LogP contribution in [0.1, 0.15) is 22.3 Å². The predicted octanol–water partition coefficient (Wildman–Crippen LogP) is 3.01. The summed E-state index contributed by atoms with van der Waals surface area (Å²) >= 11 is 6.89. The van der Waals surface area contributed by atoms with Gasteiger partial charge in [-0.3, -0.25) is 14.9 Å². The second-order valence-corrected chi connectivity index (χ2v) is 5.06. The molecule has 94 valence electrons. The van der Waals surface area contributed by atoms with Crippen LogP contribution in [0.5, 0.6) is 0 Å². The Hall–Kier alpha value is -1.73. The number of nitrogens with zero attached hydrogens (tertiary/aromatic N) is 3. The number of hydrogen-bond donors (Lipinski definition) is 0. The zero-order valence-electron chi connectivity index (χ0n) is 9.51. The van der Waals surface area contributed by atoms with E-state index in [2.05, 4.69) is 5.10 Å². The van der Waals surface area contributed by atoms with Gasteiger partial charge in [-0.15, -0.1) is 11.3 Å². The Kier molecular flexibility index (Phi) is 3.18. The van der Waals surface area contributed by atoms with Crippen molar-refractivity contribution in [2.24, 2.45) is 0 Å². The minimum atomic E-state index is -0.539. The molecule has 0 fully saturated rings. The van der Waals surface area contributed by atoms with Crippen molar-refractivity contribution in [1.82, 2.24) is 9.78 Å². The number of carbonyl (C=O) groups is 1. The van der Waals surface area contributed by atoms with Crippen LogP contribution >= 0.6 is 22.9 Å². The van der Waals surface area contributed by atoms with Crippen molar-refractivity contribution in [3.05, 3.63) is 38.0 Å². The fourth-order valence-electron chi connectivity index (χ4n) is 1.38. The molecule has 2 aromatic heterocycles. The zero-order chi connectivity index (χ0) is 13.4. The van der Waals surface area contributed by atoms with Gasteiger partial charge in [0.25, 0.3) is 0 Å². The summed E-state index contributed by atoms with van der Waals surface area (Å²) in [5.41, 5.74) is 0.424. The molecule has 2 aromatic rings. The first-order valence-corrected chi connectivity index (χ1v) is 6.11. The summed E-state index contributed by atoms with van der Waals surface area (Å²) < 4.78 is 1.33. The Morgan fingerprint density at radius 1 is 1.61 bits per heavy atom. The van der Waals surface area contributed by atoms with Gasteiger partial charge < -0.3 is 0 Å². The highest BCUT2D eigenvalue weighted by Gasteiger charge is 2.23. The third kappa shape index (κ3) is 2.14. The van der Waals surface area contributed by atoms with Crippen molar-refractivity contribution >= 4 is 34.4 Å². The monoisotopic (exact) mass is 285 g/mol. The SMILES string of the molecule is CC(=O)c1cc([N+](=O)[O-])c(-n2cc(Cl)c(C)n2)s1. The Balaban J connectivity index is 2.61. The molecule has 6 nitrogen and oxygen atoms in total. The molecule has 2 rings (SSSR count).